The first kappa shape index (κ1) is 21.0. The molecular weight excluding hydrogens is 374 g/mol. The van der Waals surface area contributed by atoms with Crippen molar-refractivity contribution in [2.45, 2.75) is 36.7 Å². The number of nitrogens with two attached hydrogens (primary N) is 1. The van der Waals surface area contributed by atoms with Crippen molar-refractivity contribution in [3.8, 4) is 0 Å². The fraction of sp³-hybridized carbons (Fsp3) is 0.556. The average molecular weight is 400 g/mol. The van der Waals surface area contributed by atoms with Gasteiger partial charge in [-0.25, -0.2) is 0 Å². The van der Waals surface area contributed by atoms with Crippen LogP contribution in [0.5, 0.6) is 0 Å². The van der Waals surface area contributed by atoms with E-state index in [0.717, 1.165) is 35.6 Å². The van der Waals surface area contributed by atoms with Gasteiger partial charge in [0.1, 0.15) is 0 Å². The predicted molar refractivity (Wildman–Crippen MR) is 106 cm³/mol. The fourth-order valence-corrected chi connectivity index (χ4v) is 4.03. The summed E-state index contributed by atoms with van der Waals surface area (Å²) in [5.74, 6) is 0.794. The van der Waals surface area contributed by atoms with E-state index in [1.165, 1.54) is 0 Å². The van der Waals surface area contributed by atoms with Crippen molar-refractivity contribution in [1.82, 2.24) is 4.90 Å². The number of nitrogens with one attached hydrogen (secondary N) is 1. The van der Waals surface area contributed by atoms with E-state index in [4.69, 9.17) is 10.5 Å². The van der Waals surface area contributed by atoms with Gasteiger partial charge in [0.15, 0.2) is 0 Å². The number of likely N-dealkylation sites (tertiary alicyclic amines) is 1. The number of hydrogen-bond acceptors (Lipinski definition) is 5. The zero-order chi connectivity index (χ0) is 17.6. The minimum atomic E-state index is 0. The molecule has 0 aliphatic carbocycles. The molecule has 2 heterocycles. The van der Waals surface area contributed by atoms with Crippen LogP contribution in [0.15, 0.2) is 23.1 Å². The van der Waals surface area contributed by atoms with Crippen molar-refractivity contribution >= 4 is 41.7 Å². The van der Waals surface area contributed by atoms with E-state index >= 15 is 0 Å². The highest BCUT2D eigenvalue weighted by Crippen LogP contribution is 2.32. The Balaban J connectivity index is 0.00000243. The maximum atomic E-state index is 12.8. The number of thioether (sulfide) groups is 1. The summed E-state index contributed by atoms with van der Waals surface area (Å²) in [5, 5.41) is 2.90. The molecule has 144 valence electrons. The van der Waals surface area contributed by atoms with Crippen LogP contribution in [0.1, 0.15) is 36.0 Å². The van der Waals surface area contributed by atoms with Crippen molar-refractivity contribution in [3.05, 3.63) is 23.8 Å². The lowest BCUT2D eigenvalue weighted by molar-refractivity contribution is -0.115. The van der Waals surface area contributed by atoms with Crippen LogP contribution in [0.3, 0.4) is 0 Å². The maximum Gasteiger partial charge on any atom is 0.253 e. The first-order valence-electron chi connectivity index (χ1n) is 8.85. The van der Waals surface area contributed by atoms with Crippen molar-refractivity contribution in [1.29, 1.82) is 0 Å². The molecule has 8 heteroatoms. The van der Waals surface area contributed by atoms with Crippen molar-refractivity contribution in [2.24, 2.45) is 5.73 Å². The van der Waals surface area contributed by atoms with Crippen LogP contribution in [0, 0.1) is 0 Å². The van der Waals surface area contributed by atoms with E-state index in [1.54, 1.807) is 17.8 Å². The second-order valence-corrected chi connectivity index (χ2v) is 7.50. The van der Waals surface area contributed by atoms with E-state index in [9.17, 15) is 9.59 Å². The molecule has 0 aromatic heterocycles. The monoisotopic (exact) mass is 399 g/mol. The smallest absolute Gasteiger partial charge is 0.253 e. The van der Waals surface area contributed by atoms with Gasteiger partial charge in [-0.3, -0.25) is 9.59 Å². The number of ether oxygens (including phenoxy) is 1. The summed E-state index contributed by atoms with van der Waals surface area (Å²) in [6.45, 7) is 2.73. The maximum absolute atomic E-state index is 12.8. The average Bonchev–Trinajstić information content (AvgIpc) is 2.81. The van der Waals surface area contributed by atoms with Gasteiger partial charge in [-0.05, 0) is 44.0 Å². The van der Waals surface area contributed by atoms with Crippen molar-refractivity contribution in [3.63, 3.8) is 0 Å². The third kappa shape index (κ3) is 5.36. The standard InChI is InChI=1S/C18H25N3O3S.ClH/c19-7-1-10-24-14-4-8-21(9-5-14)18(23)13-2-3-16-15(12-13)20-17(22)6-11-25-16;/h2-3,12,14H,1,4-11,19H2,(H,20,22);1H. The lowest BCUT2D eigenvalue weighted by atomic mass is 10.1. The quantitative estimate of drug-likeness (QED) is 0.743. The number of nitrogens with zero attached hydrogens (tertiary/aromatic N) is 1. The molecule has 2 aliphatic rings. The first-order valence-corrected chi connectivity index (χ1v) is 9.83. The summed E-state index contributed by atoms with van der Waals surface area (Å²) in [7, 11) is 0. The summed E-state index contributed by atoms with van der Waals surface area (Å²) >= 11 is 1.65. The summed E-state index contributed by atoms with van der Waals surface area (Å²) in [6.07, 6.45) is 3.30. The third-order valence-corrected chi connectivity index (χ3v) is 5.59. The molecule has 1 fully saturated rings. The topological polar surface area (TPSA) is 84.7 Å². The van der Waals surface area contributed by atoms with E-state index in [0.29, 0.717) is 38.2 Å². The molecule has 0 atom stereocenters. The van der Waals surface area contributed by atoms with E-state index < -0.39 is 0 Å². The van der Waals surface area contributed by atoms with Crippen LogP contribution in [0.4, 0.5) is 5.69 Å². The van der Waals surface area contributed by atoms with Gasteiger partial charge in [0, 0.05) is 42.3 Å². The molecule has 0 radical (unpaired) electrons. The molecular formula is C18H26ClN3O3S. The molecule has 3 rings (SSSR count). The van der Waals surface area contributed by atoms with Gasteiger partial charge in [0.2, 0.25) is 5.91 Å². The Morgan fingerprint density at radius 1 is 1.35 bits per heavy atom. The molecule has 0 bridgehead atoms. The van der Waals surface area contributed by atoms with E-state index in [1.807, 2.05) is 17.0 Å². The van der Waals surface area contributed by atoms with Crippen LogP contribution < -0.4 is 11.1 Å². The zero-order valence-corrected chi connectivity index (χ0v) is 16.4. The summed E-state index contributed by atoms with van der Waals surface area (Å²) in [4.78, 5) is 27.4. The Morgan fingerprint density at radius 2 is 2.12 bits per heavy atom. The Morgan fingerprint density at radius 3 is 2.85 bits per heavy atom. The molecule has 2 amide bonds. The van der Waals surface area contributed by atoms with E-state index in [2.05, 4.69) is 5.32 Å². The number of benzene rings is 1. The predicted octanol–water partition coefficient (Wildman–Crippen LogP) is 2.51. The highest BCUT2D eigenvalue weighted by Gasteiger charge is 2.25. The largest absolute Gasteiger partial charge is 0.378 e. The molecule has 0 unspecified atom stereocenters. The lowest BCUT2D eigenvalue weighted by Crippen LogP contribution is -2.41. The number of piperidine rings is 1. The zero-order valence-electron chi connectivity index (χ0n) is 14.7. The van der Waals surface area contributed by atoms with Gasteiger partial charge in [-0.15, -0.1) is 24.2 Å². The third-order valence-electron chi connectivity index (χ3n) is 4.52. The Labute approximate surface area is 164 Å². The highest BCUT2D eigenvalue weighted by atomic mass is 35.5. The molecule has 1 saturated heterocycles. The fourth-order valence-electron chi connectivity index (χ4n) is 3.09. The summed E-state index contributed by atoms with van der Waals surface area (Å²) in [5.41, 5.74) is 6.85. The minimum Gasteiger partial charge on any atom is -0.378 e. The number of rotatable bonds is 5. The number of carbonyl (C=O) groups is 2. The second kappa shape index (κ2) is 10.2. The SMILES string of the molecule is Cl.NCCCOC1CCN(C(=O)c2ccc3c(c2)NC(=O)CCS3)CC1. The Kier molecular flexibility index (Phi) is 8.21. The molecule has 2 aliphatic heterocycles. The van der Waals surface area contributed by atoms with Crippen LogP contribution in [0.2, 0.25) is 0 Å². The van der Waals surface area contributed by atoms with Gasteiger partial charge in [-0.2, -0.15) is 0 Å². The number of fused-ring (bicyclic) bond motifs is 1. The second-order valence-electron chi connectivity index (χ2n) is 6.36. The molecule has 3 N–H and O–H groups in total. The normalized spacial score (nSPS) is 17.7. The van der Waals surface area contributed by atoms with Gasteiger partial charge >= 0.3 is 0 Å². The van der Waals surface area contributed by atoms with Crippen LogP contribution in [0.25, 0.3) is 0 Å². The summed E-state index contributed by atoms with van der Waals surface area (Å²) < 4.78 is 5.79. The molecule has 6 nitrogen and oxygen atoms in total. The Bertz CT molecular complexity index is 636. The van der Waals surface area contributed by atoms with Crippen molar-refractivity contribution in [2.75, 3.05) is 37.3 Å². The van der Waals surface area contributed by atoms with Gasteiger partial charge in [0.25, 0.3) is 5.91 Å². The van der Waals surface area contributed by atoms with Crippen LogP contribution in [-0.4, -0.2) is 54.8 Å². The van der Waals surface area contributed by atoms with E-state index in [-0.39, 0.29) is 30.3 Å². The molecule has 0 saturated carbocycles. The van der Waals surface area contributed by atoms with Crippen LogP contribution in [-0.2, 0) is 9.53 Å². The van der Waals surface area contributed by atoms with Gasteiger partial charge in [0.05, 0.1) is 11.8 Å². The molecule has 1 aromatic rings. The number of carbonyl (C=O) groups excluding carboxylic acids is 2. The number of amides is 2. The minimum absolute atomic E-state index is 0. The molecule has 26 heavy (non-hydrogen) atoms. The molecule has 1 aromatic carbocycles. The first-order chi connectivity index (χ1) is 12.2. The number of halogens is 1. The van der Waals surface area contributed by atoms with Crippen LogP contribution >= 0.6 is 24.2 Å². The number of anilines is 1. The summed E-state index contributed by atoms with van der Waals surface area (Å²) in [6, 6.07) is 5.59. The lowest BCUT2D eigenvalue weighted by Gasteiger charge is -2.32. The van der Waals surface area contributed by atoms with Gasteiger partial charge in [-0.1, -0.05) is 0 Å². The highest BCUT2D eigenvalue weighted by molar-refractivity contribution is 7.99. The van der Waals surface area contributed by atoms with Gasteiger partial charge < -0.3 is 20.7 Å². The number of hydrogen-bond donors (Lipinski definition) is 2. The van der Waals surface area contributed by atoms with Crippen molar-refractivity contribution < 1.29 is 14.3 Å². The Hall–Kier alpha value is -1.28. The molecule has 0 spiro atoms.